The van der Waals surface area contributed by atoms with Crippen LogP contribution in [-0.2, 0) is 11.2 Å². The molecule has 0 atom stereocenters. The molecule has 1 N–H and O–H groups in total. The summed E-state index contributed by atoms with van der Waals surface area (Å²) in [6, 6.07) is 11.0. The molecule has 0 saturated carbocycles. The van der Waals surface area contributed by atoms with E-state index < -0.39 is 0 Å². The number of nitrogens with zero attached hydrogens (tertiary/aromatic N) is 1. The smallest absolute Gasteiger partial charge is 0.244 e. The summed E-state index contributed by atoms with van der Waals surface area (Å²) >= 11 is 7.74. The molecule has 0 aliphatic heterocycles. The van der Waals surface area contributed by atoms with E-state index >= 15 is 0 Å². The zero-order chi connectivity index (χ0) is 19.6. The van der Waals surface area contributed by atoms with Gasteiger partial charge >= 0.3 is 0 Å². The van der Waals surface area contributed by atoms with E-state index in [-0.39, 0.29) is 12.3 Å². The minimum absolute atomic E-state index is 0.204. The van der Waals surface area contributed by atoms with E-state index in [4.69, 9.17) is 21.1 Å². The highest BCUT2D eigenvalue weighted by Crippen LogP contribution is 2.27. The van der Waals surface area contributed by atoms with Gasteiger partial charge in [-0.3, -0.25) is 4.79 Å². The van der Waals surface area contributed by atoms with E-state index in [2.05, 4.69) is 17.5 Å². The van der Waals surface area contributed by atoms with Gasteiger partial charge in [0.25, 0.3) is 0 Å². The van der Waals surface area contributed by atoms with Crippen LogP contribution in [0.25, 0.3) is 0 Å². The molecule has 0 saturated heterocycles. The number of hydrogen-bond acceptors (Lipinski definition) is 5. The normalized spacial score (nSPS) is 10.8. The third kappa shape index (κ3) is 6.48. The van der Waals surface area contributed by atoms with E-state index in [0.29, 0.717) is 23.1 Å². The number of halogens is 1. The van der Waals surface area contributed by atoms with Crippen molar-refractivity contribution in [1.29, 1.82) is 0 Å². The largest absolute Gasteiger partial charge is 0.493 e. The average molecular weight is 407 g/mol. The Labute approximate surface area is 169 Å². The molecular weight excluding hydrogens is 384 g/mol. The SMILES string of the molecule is CCOc1ccc(/C=N\NC(=O)Cc2cc(Cl)ccc2SCC)cc1OC. The van der Waals surface area contributed by atoms with Crippen molar-refractivity contribution < 1.29 is 14.3 Å². The van der Waals surface area contributed by atoms with Crippen LogP contribution in [0.5, 0.6) is 11.5 Å². The molecule has 0 aromatic heterocycles. The van der Waals surface area contributed by atoms with Gasteiger partial charge in [0.2, 0.25) is 5.91 Å². The summed E-state index contributed by atoms with van der Waals surface area (Å²) < 4.78 is 10.8. The lowest BCUT2D eigenvalue weighted by atomic mass is 10.1. The van der Waals surface area contributed by atoms with E-state index in [0.717, 1.165) is 21.8 Å². The molecule has 5 nitrogen and oxygen atoms in total. The zero-order valence-electron chi connectivity index (χ0n) is 15.6. The van der Waals surface area contributed by atoms with E-state index in [1.165, 1.54) is 0 Å². The molecule has 2 aromatic rings. The van der Waals surface area contributed by atoms with Crippen molar-refractivity contribution in [2.24, 2.45) is 5.10 Å². The summed E-state index contributed by atoms with van der Waals surface area (Å²) in [4.78, 5) is 13.3. The highest BCUT2D eigenvalue weighted by atomic mass is 35.5. The van der Waals surface area contributed by atoms with Crippen molar-refractivity contribution in [2.45, 2.75) is 25.2 Å². The molecule has 2 rings (SSSR count). The number of rotatable bonds is 9. The number of carbonyl (C=O) groups excluding carboxylic acids is 1. The van der Waals surface area contributed by atoms with E-state index in [1.54, 1.807) is 31.2 Å². The molecule has 7 heteroatoms. The van der Waals surface area contributed by atoms with Gasteiger partial charge in [-0.15, -0.1) is 11.8 Å². The van der Waals surface area contributed by atoms with Gasteiger partial charge < -0.3 is 9.47 Å². The molecule has 1 amide bonds. The monoisotopic (exact) mass is 406 g/mol. The fourth-order valence-electron chi connectivity index (χ4n) is 2.41. The van der Waals surface area contributed by atoms with Crippen LogP contribution in [0.1, 0.15) is 25.0 Å². The number of hydrazone groups is 1. The Morgan fingerprint density at radius 1 is 1.22 bits per heavy atom. The Balaban J connectivity index is 2.00. The second-order valence-electron chi connectivity index (χ2n) is 5.50. The lowest BCUT2D eigenvalue weighted by Gasteiger charge is -2.09. The minimum atomic E-state index is -0.204. The summed E-state index contributed by atoms with van der Waals surface area (Å²) in [5, 5.41) is 4.64. The molecule has 0 aliphatic carbocycles. The molecule has 0 radical (unpaired) electrons. The van der Waals surface area contributed by atoms with E-state index in [1.807, 2.05) is 37.3 Å². The Morgan fingerprint density at radius 2 is 2.04 bits per heavy atom. The van der Waals surface area contributed by atoms with Gasteiger partial charge in [0.1, 0.15) is 0 Å². The van der Waals surface area contributed by atoms with Crippen LogP contribution in [-0.4, -0.2) is 31.6 Å². The topological polar surface area (TPSA) is 59.9 Å². The van der Waals surface area contributed by atoms with Crippen molar-refractivity contribution in [3.8, 4) is 11.5 Å². The summed E-state index contributed by atoms with van der Waals surface area (Å²) in [6.45, 7) is 4.54. The lowest BCUT2D eigenvalue weighted by Crippen LogP contribution is -2.20. The third-order valence-corrected chi connectivity index (χ3v) is 4.80. The molecular formula is C20H23ClN2O3S. The van der Waals surface area contributed by atoms with Crippen molar-refractivity contribution in [2.75, 3.05) is 19.5 Å². The van der Waals surface area contributed by atoms with Gasteiger partial charge in [0, 0.05) is 9.92 Å². The molecule has 0 unspecified atom stereocenters. The maximum Gasteiger partial charge on any atom is 0.244 e. The predicted octanol–water partition coefficient (Wildman–Crippen LogP) is 4.55. The summed E-state index contributed by atoms with van der Waals surface area (Å²) in [5.41, 5.74) is 4.24. The molecule has 0 spiro atoms. The van der Waals surface area contributed by atoms with Crippen molar-refractivity contribution in [3.05, 3.63) is 52.5 Å². The summed E-state index contributed by atoms with van der Waals surface area (Å²) in [6.07, 6.45) is 1.78. The van der Waals surface area contributed by atoms with Gasteiger partial charge in [0.05, 0.1) is 26.4 Å². The number of hydrogen-bond donors (Lipinski definition) is 1. The first kappa shape index (κ1) is 21.1. The molecule has 144 valence electrons. The number of carbonyl (C=O) groups is 1. The predicted molar refractivity (Wildman–Crippen MR) is 111 cm³/mol. The van der Waals surface area contributed by atoms with Crippen LogP contribution in [0.2, 0.25) is 5.02 Å². The van der Waals surface area contributed by atoms with Crippen molar-refractivity contribution >= 4 is 35.5 Å². The second kappa shape index (κ2) is 10.8. The van der Waals surface area contributed by atoms with Crippen molar-refractivity contribution in [1.82, 2.24) is 5.43 Å². The number of amides is 1. The maximum atomic E-state index is 12.2. The summed E-state index contributed by atoms with van der Waals surface area (Å²) in [5.74, 6) is 2.01. The van der Waals surface area contributed by atoms with Crippen LogP contribution < -0.4 is 14.9 Å². The molecule has 0 heterocycles. The Kier molecular flexibility index (Phi) is 8.48. The van der Waals surface area contributed by atoms with Crippen LogP contribution in [0.15, 0.2) is 46.4 Å². The third-order valence-electron chi connectivity index (χ3n) is 3.56. The van der Waals surface area contributed by atoms with Crippen LogP contribution in [0.3, 0.4) is 0 Å². The first-order valence-electron chi connectivity index (χ1n) is 8.61. The van der Waals surface area contributed by atoms with Crippen LogP contribution in [0, 0.1) is 0 Å². The molecule has 27 heavy (non-hydrogen) atoms. The maximum absolute atomic E-state index is 12.2. The number of nitrogens with one attached hydrogen (secondary N) is 1. The van der Waals surface area contributed by atoms with Gasteiger partial charge in [-0.25, -0.2) is 5.43 Å². The number of ether oxygens (including phenoxy) is 2. The highest BCUT2D eigenvalue weighted by Gasteiger charge is 2.09. The second-order valence-corrected chi connectivity index (χ2v) is 7.24. The van der Waals surface area contributed by atoms with Crippen molar-refractivity contribution in [3.63, 3.8) is 0 Å². The number of methoxy groups -OCH3 is 1. The van der Waals surface area contributed by atoms with Crippen LogP contribution in [0.4, 0.5) is 0 Å². The van der Waals surface area contributed by atoms with Gasteiger partial charge in [-0.1, -0.05) is 18.5 Å². The van der Waals surface area contributed by atoms with Gasteiger partial charge in [-0.2, -0.15) is 5.10 Å². The Bertz CT molecular complexity index is 812. The minimum Gasteiger partial charge on any atom is -0.493 e. The Morgan fingerprint density at radius 3 is 2.74 bits per heavy atom. The first-order valence-corrected chi connectivity index (χ1v) is 9.97. The van der Waals surface area contributed by atoms with Gasteiger partial charge in [-0.05, 0) is 60.2 Å². The average Bonchev–Trinajstić information content (AvgIpc) is 2.65. The quantitative estimate of drug-likeness (QED) is 0.377. The standard InChI is InChI=1S/C20H23ClN2O3S/c1-4-26-17-8-6-14(10-18(17)25-3)13-22-23-20(24)12-15-11-16(21)7-9-19(15)27-5-2/h6-11,13H,4-5,12H2,1-3H3,(H,23,24)/b22-13-. The molecule has 2 aromatic carbocycles. The lowest BCUT2D eigenvalue weighted by molar-refractivity contribution is -0.120. The van der Waals surface area contributed by atoms with Gasteiger partial charge in [0.15, 0.2) is 11.5 Å². The summed E-state index contributed by atoms with van der Waals surface area (Å²) in [7, 11) is 1.58. The zero-order valence-corrected chi connectivity index (χ0v) is 17.2. The first-order chi connectivity index (χ1) is 13.1. The number of benzene rings is 2. The molecule has 0 fully saturated rings. The fourth-order valence-corrected chi connectivity index (χ4v) is 3.40. The molecule has 0 bridgehead atoms. The Hall–Kier alpha value is -2.18. The van der Waals surface area contributed by atoms with E-state index in [9.17, 15) is 4.79 Å². The highest BCUT2D eigenvalue weighted by molar-refractivity contribution is 7.99. The molecule has 0 aliphatic rings. The fraction of sp³-hybridized carbons (Fsp3) is 0.300. The number of thioether (sulfide) groups is 1. The van der Waals surface area contributed by atoms with Crippen LogP contribution >= 0.6 is 23.4 Å².